The molecule has 64 heavy (non-hydrogen) atoms. The molecule has 12 N–H and O–H groups in total. The molecule has 1 aromatic heterocycles. The van der Waals surface area contributed by atoms with Crippen LogP contribution in [0, 0.1) is 0 Å². The molecular formula is C37H41N13O11S3. The van der Waals surface area contributed by atoms with Gasteiger partial charge in [-0.15, -0.1) is 15.3 Å². The molecule has 0 saturated carbocycles. The number of hydrogen-bond donors (Lipinski definition) is 11. The Morgan fingerprint density at radius 3 is 1.80 bits per heavy atom. The first-order valence-corrected chi connectivity index (χ1v) is 23.2. The molecule has 0 bridgehead atoms. The number of azo groups is 2. The van der Waals surface area contributed by atoms with Crippen molar-refractivity contribution in [2.45, 2.75) is 14.7 Å². The van der Waals surface area contributed by atoms with Crippen LogP contribution in [-0.2, 0) is 30.4 Å². The van der Waals surface area contributed by atoms with Crippen molar-refractivity contribution >= 4 is 98.2 Å². The molecule has 1 heterocycles. The van der Waals surface area contributed by atoms with Crippen LogP contribution in [0.1, 0.15) is 0 Å². The van der Waals surface area contributed by atoms with Gasteiger partial charge in [0.15, 0.2) is 5.75 Å². The first kappa shape index (κ1) is 47.1. The molecule has 0 unspecified atom stereocenters. The van der Waals surface area contributed by atoms with Gasteiger partial charge in [-0.1, -0.05) is 12.1 Å². The lowest BCUT2D eigenvalue weighted by molar-refractivity contribution is 0.311. The average Bonchev–Trinajstić information content (AvgIpc) is 3.24. The number of phenols is 1. The number of aromatic hydroxyl groups is 1. The molecule has 338 valence electrons. The van der Waals surface area contributed by atoms with E-state index in [9.17, 15) is 49.1 Å². The molecule has 0 amide bonds. The number of hydrogen-bond acceptors (Lipinski definition) is 21. The summed E-state index contributed by atoms with van der Waals surface area (Å²) < 4.78 is 102. The minimum atomic E-state index is -5.05. The van der Waals surface area contributed by atoms with Gasteiger partial charge in [0.2, 0.25) is 17.8 Å². The number of aliphatic hydroxyl groups excluding tert-OH is 1. The zero-order valence-electron chi connectivity index (χ0n) is 33.3. The maximum Gasteiger partial charge on any atom is 0.296 e. The summed E-state index contributed by atoms with van der Waals surface area (Å²) in [5.41, 5.74) is 5.32. The monoisotopic (exact) mass is 939 g/mol. The normalized spacial score (nSPS) is 12.5. The van der Waals surface area contributed by atoms with Crippen LogP contribution in [-0.4, -0.2) is 116 Å². The third-order valence-electron chi connectivity index (χ3n) is 8.91. The van der Waals surface area contributed by atoms with Gasteiger partial charge in [0.1, 0.15) is 10.6 Å². The smallest absolute Gasteiger partial charge is 0.296 e. The molecule has 0 saturated heterocycles. The third-order valence-corrected chi connectivity index (χ3v) is 11.5. The summed E-state index contributed by atoms with van der Waals surface area (Å²) in [6.45, 7) is 3.66. The van der Waals surface area contributed by atoms with Crippen LogP contribution in [0.2, 0.25) is 0 Å². The largest absolute Gasteiger partial charge is 0.505 e. The highest BCUT2D eigenvalue weighted by Crippen LogP contribution is 2.43. The first-order valence-electron chi connectivity index (χ1n) is 18.9. The van der Waals surface area contributed by atoms with E-state index in [0.29, 0.717) is 38.4 Å². The number of nitrogens with zero attached hydrogens (tertiary/aromatic N) is 7. The summed E-state index contributed by atoms with van der Waals surface area (Å²) in [4.78, 5) is 11.3. The van der Waals surface area contributed by atoms with Crippen molar-refractivity contribution in [2.75, 3.05) is 68.4 Å². The second-order valence-electron chi connectivity index (χ2n) is 13.4. The van der Waals surface area contributed by atoms with Crippen molar-refractivity contribution < 1.29 is 49.1 Å². The lowest BCUT2D eigenvalue weighted by Gasteiger charge is -2.13. The molecule has 0 aliphatic carbocycles. The fraction of sp³-hybridized carbons (Fsp3) is 0.216. The quantitative estimate of drug-likeness (QED) is 0.0274. The molecule has 0 aliphatic rings. The summed E-state index contributed by atoms with van der Waals surface area (Å²) in [7, 11) is -14.3. The SMILES string of the molecule is NCCNCCNCCNc1nc(NCCO)nc(Nc2ccc3cc(S(=O)(=O)O)c(N=Nc4ccc(N=Nc5ccc(S(=O)(=O)O)cc5)c5ccc(S(=O)(=O)O)cc45)c(O)c3c2)n1. The molecule has 6 rings (SSSR count). The molecule has 0 spiro atoms. The molecule has 24 nitrogen and oxygen atoms in total. The lowest BCUT2D eigenvalue weighted by Crippen LogP contribution is -2.32. The van der Waals surface area contributed by atoms with Gasteiger partial charge in [-0.05, 0) is 72.1 Å². The van der Waals surface area contributed by atoms with Gasteiger partial charge in [-0.25, -0.2) is 0 Å². The van der Waals surface area contributed by atoms with Crippen molar-refractivity contribution in [3.8, 4) is 5.75 Å². The Labute approximate surface area is 365 Å². The highest BCUT2D eigenvalue weighted by molar-refractivity contribution is 7.86. The van der Waals surface area contributed by atoms with E-state index in [1.165, 1.54) is 48.5 Å². The Kier molecular flexibility index (Phi) is 15.0. The Bertz CT molecular complexity index is 3070. The van der Waals surface area contributed by atoms with E-state index in [-0.39, 0.29) is 74.5 Å². The van der Waals surface area contributed by atoms with Crippen LogP contribution in [0.15, 0.2) is 114 Å². The van der Waals surface area contributed by atoms with E-state index in [1.54, 1.807) is 0 Å². The van der Waals surface area contributed by atoms with Gasteiger partial charge in [0.05, 0.1) is 33.5 Å². The van der Waals surface area contributed by atoms with Crippen LogP contribution < -0.4 is 32.3 Å². The van der Waals surface area contributed by atoms with Gasteiger partial charge in [-0.3, -0.25) is 13.7 Å². The maximum atomic E-state index is 12.7. The number of aromatic nitrogens is 3. The van der Waals surface area contributed by atoms with E-state index >= 15 is 0 Å². The summed E-state index contributed by atoms with van der Waals surface area (Å²) in [6.07, 6.45) is 0. The van der Waals surface area contributed by atoms with Crippen LogP contribution in [0.4, 0.5) is 46.3 Å². The minimum absolute atomic E-state index is 0.0168. The van der Waals surface area contributed by atoms with Crippen molar-refractivity contribution in [1.29, 1.82) is 0 Å². The number of rotatable bonds is 21. The molecule has 5 aromatic carbocycles. The lowest BCUT2D eigenvalue weighted by atomic mass is 10.1. The van der Waals surface area contributed by atoms with E-state index in [0.717, 1.165) is 36.9 Å². The Hall–Kier alpha value is -6.40. The van der Waals surface area contributed by atoms with Gasteiger partial charge < -0.3 is 42.5 Å². The zero-order valence-corrected chi connectivity index (χ0v) is 35.7. The number of fused-ring (bicyclic) bond motifs is 2. The second kappa shape index (κ2) is 20.4. The molecular weight excluding hydrogens is 899 g/mol. The highest BCUT2D eigenvalue weighted by atomic mass is 32.2. The predicted octanol–water partition coefficient (Wildman–Crippen LogP) is 4.15. The maximum absolute atomic E-state index is 12.7. The van der Waals surface area contributed by atoms with E-state index in [4.69, 9.17) is 5.73 Å². The number of benzene rings is 5. The van der Waals surface area contributed by atoms with Crippen LogP contribution in [0.5, 0.6) is 5.75 Å². The van der Waals surface area contributed by atoms with Crippen molar-refractivity contribution in [1.82, 2.24) is 25.6 Å². The Morgan fingerprint density at radius 2 is 1.16 bits per heavy atom. The molecule has 27 heteroatoms. The topological polar surface area (TPSA) is 378 Å². The number of nitrogens with two attached hydrogens (primary N) is 1. The zero-order chi connectivity index (χ0) is 46.1. The predicted molar refractivity (Wildman–Crippen MR) is 236 cm³/mol. The fourth-order valence-corrected chi connectivity index (χ4v) is 7.57. The average molecular weight is 940 g/mol. The van der Waals surface area contributed by atoms with Gasteiger partial charge in [0, 0.05) is 67.7 Å². The van der Waals surface area contributed by atoms with Crippen molar-refractivity contribution in [2.24, 2.45) is 26.2 Å². The minimum Gasteiger partial charge on any atom is -0.505 e. The van der Waals surface area contributed by atoms with Crippen molar-refractivity contribution in [3.63, 3.8) is 0 Å². The molecule has 0 fully saturated rings. The molecule has 0 atom stereocenters. The van der Waals surface area contributed by atoms with Crippen molar-refractivity contribution in [3.05, 3.63) is 78.9 Å². The fourth-order valence-electron chi connectivity index (χ4n) is 5.92. The van der Waals surface area contributed by atoms with E-state index in [2.05, 4.69) is 62.0 Å². The van der Waals surface area contributed by atoms with E-state index in [1.807, 2.05) is 0 Å². The Balaban J connectivity index is 1.34. The Morgan fingerprint density at radius 1 is 0.562 bits per heavy atom. The molecule has 6 aromatic rings. The standard InChI is InChI=1S/C37H41N13O11S3/c38-11-12-39-13-14-40-15-16-41-35-44-36(42-17-18-51)46-37(45-35)43-24-2-1-22-19-32(64(59,60)61)33(34(52)28(22)20-24)50-49-31-10-9-30(27-8-7-26(21-29(27)31)63(56,57)58)48-47-23-3-5-25(6-4-23)62(53,54)55/h1-10,19-21,39-40,51-52H,11-18,38H2,(H,53,54,55)(H,56,57,58)(H,59,60,61)(H3,41,42,43,44,45,46). The molecule has 0 aliphatic heterocycles. The summed E-state index contributed by atoms with van der Waals surface area (Å²) in [6, 6.07) is 16.4. The summed E-state index contributed by atoms with van der Waals surface area (Å²) in [5, 5.41) is 53.1. The second-order valence-corrected chi connectivity index (χ2v) is 17.7. The summed E-state index contributed by atoms with van der Waals surface area (Å²) in [5.74, 6) is -0.331. The number of anilines is 4. The number of phenolic OH excluding ortho intramolecular Hbond substituents is 1. The molecule has 0 radical (unpaired) electrons. The first-order chi connectivity index (χ1) is 30.4. The van der Waals surface area contributed by atoms with Gasteiger partial charge >= 0.3 is 0 Å². The van der Waals surface area contributed by atoms with E-state index < -0.39 is 51.6 Å². The van der Waals surface area contributed by atoms with Gasteiger partial charge in [-0.2, -0.15) is 45.3 Å². The van der Waals surface area contributed by atoms with Crippen LogP contribution >= 0.6 is 0 Å². The highest BCUT2D eigenvalue weighted by Gasteiger charge is 2.23. The van der Waals surface area contributed by atoms with Crippen LogP contribution in [0.3, 0.4) is 0 Å². The van der Waals surface area contributed by atoms with Gasteiger partial charge in [0.25, 0.3) is 30.4 Å². The number of nitrogens with one attached hydrogen (secondary N) is 5. The van der Waals surface area contributed by atoms with Crippen LogP contribution in [0.25, 0.3) is 21.5 Å². The summed E-state index contributed by atoms with van der Waals surface area (Å²) >= 11 is 0. The third kappa shape index (κ3) is 12.2. The number of aliphatic hydroxyl groups is 1.